The van der Waals surface area contributed by atoms with Crippen molar-refractivity contribution in [1.29, 1.82) is 0 Å². The standard InChI is InChI=1S/C16H17F4N5O5S2/c17-12-4-3-9(8-11(12)16(18,19)20)22-14(23-27)13-15(25-30-24-13)31-6-1-2-10(26)5-7-32(21,28)29/h3-4,8,27H,1-2,5-7H2,(H,22,23)(H2,21,28,29). The minimum absolute atomic E-state index is 0.0815. The van der Waals surface area contributed by atoms with Crippen LogP contribution in [-0.4, -0.2) is 47.1 Å². The minimum atomic E-state index is -4.94. The summed E-state index contributed by atoms with van der Waals surface area (Å²) in [5.41, 5.74) is -0.303. The van der Waals surface area contributed by atoms with E-state index in [1.165, 1.54) is 0 Å². The maximum absolute atomic E-state index is 13.4. The number of nitrogens with one attached hydrogen (secondary N) is 1. The first-order valence-corrected chi connectivity index (χ1v) is 11.4. The van der Waals surface area contributed by atoms with E-state index in [0.29, 0.717) is 24.3 Å². The molecule has 0 aliphatic carbocycles. The largest absolute Gasteiger partial charge is 0.419 e. The molecule has 0 spiro atoms. The van der Waals surface area contributed by atoms with Crippen LogP contribution < -0.4 is 10.6 Å². The summed E-state index contributed by atoms with van der Waals surface area (Å²) in [4.78, 5) is 15.4. The number of aliphatic imine (C=N–C) groups is 1. The summed E-state index contributed by atoms with van der Waals surface area (Å²) in [6.07, 6.45) is -4.72. The maximum Gasteiger partial charge on any atom is 0.419 e. The molecule has 10 nitrogen and oxygen atoms in total. The maximum atomic E-state index is 13.4. The van der Waals surface area contributed by atoms with Gasteiger partial charge in [-0.25, -0.2) is 27.6 Å². The van der Waals surface area contributed by atoms with Gasteiger partial charge in [0.2, 0.25) is 10.0 Å². The summed E-state index contributed by atoms with van der Waals surface area (Å²) < 4.78 is 78.3. The first-order valence-electron chi connectivity index (χ1n) is 8.74. The first-order chi connectivity index (χ1) is 14.9. The third-order valence-electron chi connectivity index (χ3n) is 3.79. The number of aromatic nitrogens is 2. The van der Waals surface area contributed by atoms with Gasteiger partial charge in [0.25, 0.3) is 0 Å². The SMILES string of the molecule is NS(=O)(=O)CCC(=O)CCCSc1nonc1C(=Nc1ccc(F)c(C(F)(F)F)c1)NO. The van der Waals surface area contributed by atoms with E-state index >= 15 is 0 Å². The van der Waals surface area contributed by atoms with Crippen molar-refractivity contribution >= 4 is 39.1 Å². The van der Waals surface area contributed by atoms with Crippen LogP contribution in [0.25, 0.3) is 0 Å². The lowest BCUT2D eigenvalue weighted by Crippen LogP contribution is -2.21. The molecule has 176 valence electrons. The molecule has 4 N–H and O–H groups in total. The Labute approximate surface area is 183 Å². The lowest BCUT2D eigenvalue weighted by atomic mass is 10.2. The van der Waals surface area contributed by atoms with Crippen LogP contribution in [0.15, 0.2) is 32.8 Å². The Bertz CT molecular complexity index is 1090. The number of carbonyl (C=O) groups is 1. The molecule has 32 heavy (non-hydrogen) atoms. The van der Waals surface area contributed by atoms with E-state index < -0.39 is 39.2 Å². The molecule has 0 bridgehead atoms. The van der Waals surface area contributed by atoms with Gasteiger partial charge in [0.1, 0.15) is 11.6 Å². The fourth-order valence-electron chi connectivity index (χ4n) is 2.30. The van der Waals surface area contributed by atoms with Gasteiger partial charge in [-0.15, -0.1) is 11.8 Å². The zero-order valence-electron chi connectivity index (χ0n) is 16.1. The second-order valence-electron chi connectivity index (χ2n) is 6.26. The molecule has 0 aliphatic rings. The predicted molar refractivity (Wildman–Crippen MR) is 104 cm³/mol. The summed E-state index contributed by atoms with van der Waals surface area (Å²) in [5, 5.41) is 21.4. The Balaban J connectivity index is 2.05. The van der Waals surface area contributed by atoms with Gasteiger partial charge < -0.3 is 0 Å². The summed E-state index contributed by atoms with van der Waals surface area (Å²) in [6.45, 7) is 0. The van der Waals surface area contributed by atoms with Gasteiger partial charge in [0.15, 0.2) is 16.6 Å². The molecule has 0 unspecified atom stereocenters. The average molecular weight is 499 g/mol. The number of amidine groups is 1. The molecule has 0 radical (unpaired) electrons. The number of hydrogen-bond donors (Lipinski definition) is 3. The van der Waals surface area contributed by atoms with Crippen molar-refractivity contribution in [2.24, 2.45) is 10.1 Å². The van der Waals surface area contributed by atoms with Gasteiger partial charge >= 0.3 is 6.18 Å². The number of nitrogens with two attached hydrogens (primary N) is 1. The van der Waals surface area contributed by atoms with E-state index in [1.807, 2.05) is 0 Å². The molecule has 0 aliphatic heterocycles. The molecular weight excluding hydrogens is 482 g/mol. The molecule has 2 rings (SSSR count). The third kappa shape index (κ3) is 7.85. The number of hydroxylamine groups is 1. The Morgan fingerprint density at radius 1 is 1.28 bits per heavy atom. The van der Waals surface area contributed by atoms with Crippen molar-refractivity contribution < 1.29 is 40.6 Å². The molecule has 0 saturated carbocycles. The number of Topliss-reactive ketones (excluding diaryl/α,β-unsaturated/α-hetero) is 1. The normalized spacial score (nSPS) is 12.8. The van der Waals surface area contributed by atoms with Crippen molar-refractivity contribution in [2.45, 2.75) is 30.5 Å². The number of sulfonamides is 1. The van der Waals surface area contributed by atoms with Gasteiger partial charge in [-0.1, -0.05) is 0 Å². The van der Waals surface area contributed by atoms with Crippen molar-refractivity contribution in [3.05, 3.63) is 35.3 Å². The van der Waals surface area contributed by atoms with Crippen molar-refractivity contribution in [1.82, 2.24) is 15.8 Å². The molecule has 1 aromatic carbocycles. The number of alkyl halides is 3. The highest BCUT2D eigenvalue weighted by Crippen LogP contribution is 2.34. The molecule has 16 heteroatoms. The molecule has 1 heterocycles. The molecule has 0 saturated heterocycles. The topological polar surface area (TPSA) is 161 Å². The van der Waals surface area contributed by atoms with Crippen LogP contribution >= 0.6 is 11.8 Å². The molecular formula is C16H17F4N5O5S2. The van der Waals surface area contributed by atoms with Gasteiger partial charge in [-0.2, -0.15) is 13.2 Å². The van der Waals surface area contributed by atoms with E-state index in [2.05, 4.69) is 19.9 Å². The lowest BCUT2D eigenvalue weighted by molar-refractivity contribution is -0.140. The summed E-state index contributed by atoms with van der Waals surface area (Å²) in [6, 6.07) is 2.01. The highest BCUT2D eigenvalue weighted by Gasteiger charge is 2.34. The number of carbonyl (C=O) groups excluding carboxylic acids is 1. The van der Waals surface area contributed by atoms with Crippen LogP contribution in [0.5, 0.6) is 0 Å². The Morgan fingerprint density at radius 2 is 2.00 bits per heavy atom. The zero-order chi connectivity index (χ0) is 23.9. The van der Waals surface area contributed by atoms with E-state index in [0.717, 1.165) is 17.8 Å². The monoisotopic (exact) mass is 499 g/mol. The van der Waals surface area contributed by atoms with Gasteiger partial charge in [-0.3, -0.25) is 15.5 Å². The van der Waals surface area contributed by atoms with Crippen molar-refractivity contribution in [3.8, 4) is 0 Å². The van der Waals surface area contributed by atoms with Gasteiger partial charge in [0.05, 0.1) is 17.0 Å². The predicted octanol–water partition coefficient (Wildman–Crippen LogP) is 2.40. The number of ketones is 1. The van der Waals surface area contributed by atoms with Crippen LogP contribution in [0.3, 0.4) is 0 Å². The van der Waals surface area contributed by atoms with Crippen molar-refractivity contribution in [2.75, 3.05) is 11.5 Å². The van der Waals surface area contributed by atoms with Gasteiger partial charge in [0, 0.05) is 18.6 Å². The number of rotatable bonds is 10. The number of nitrogens with zero attached hydrogens (tertiary/aromatic N) is 3. The zero-order valence-corrected chi connectivity index (χ0v) is 17.7. The van der Waals surface area contributed by atoms with E-state index in [9.17, 15) is 36.0 Å². The number of hydrogen-bond acceptors (Lipinski definition) is 9. The first kappa shape index (κ1) is 25.7. The molecule has 1 aromatic heterocycles. The number of benzene rings is 1. The van der Waals surface area contributed by atoms with E-state index in [-0.39, 0.29) is 35.0 Å². The van der Waals surface area contributed by atoms with Crippen LogP contribution in [0.1, 0.15) is 30.5 Å². The van der Waals surface area contributed by atoms with E-state index in [1.54, 1.807) is 5.48 Å². The Morgan fingerprint density at radius 3 is 2.62 bits per heavy atom. The van der Waals surface area contributed by atoms with Crippen molar-refractivity contribution in [3.63, 3.8) is 0 Å². The number of thioether (sulfide) groups is 1. The van der Waals surface area contributed by atoms with Crippen LogP contribution in [-0.2, 0) is 21.0 Å². The molecule has 0 atom stereocenters. The molecule has 0 fully saturated rings. The fraction of sp³-hybridized carbons (Fsp3) is 0.375. The quantitative estimate of drug-likeness (QED) is 0.111. The molecule has 2 aromatic rings. The van der Waals surface area contributed by atoms with E-state index in [4.69, 9.17) is 5.14 Å². The summed E-state index contributed by atoms with van der Waals surface area (Å²) in [7, 11) is -3.73. The highest BCUT2D eigenvalue weighted by molar-refractivity contribution is 7.99. The number of primary sulfonamides is 1. The Kier molecular flexibility index (Phi) is 8.71. The summed E-state index contributed by atoms with van der Waals surface area (Å²) >= 11 is 1.05. The average Bonchev–Trinajstić information content (AvgIpc) is 3.16. The highest BCUT2D eigenvalue weighted by atomic mass is 32.2. The lowest BCUT2D eigenvalue weighted by Gasteiger charge is -2.09. The second-order valence-corrected chi connectivity index (χ2v) is 9.08. The van der Waals surface area contributed by atoms with Gasteiger partial charge in [-0.05, 0) is 34.9 Å². The third-order valence-corrected chi connectivity index (χ3v) is 5.60. The van der Waals surface area contributed by atoms with Crippen LogP contribution in [0.2, 0.25) is 0 Å². The van der Waals surface area contributed by atoms with Crippen LogP contribution in [0.4, 0.5) is 23.2 Å². The number of halogens is 4. The summed E-state index contributed by atoms with van der Waals surface area (Å²) in [5.74, 6) is -2.31. The minimum Gasteiger partial charge on any atom is -0.300 e. The second kappa shape index (κ2) is 10.8. The fourth-order valence-corrected chi connectivity index (χ4v) is 3.65. The Hall–Kier alpha value is -2.56. The molecule has 0 amide bonds. The van der Waals surface area contributed by atoms with Crippen LogP contribution in [0, 0.1) is 5.82 Å². The smallest absolute Gasteiger partial charge is 0.300 e.